The van der Waals surface area contributed by atoms with E-state index in [0.717, 1.165) is 18.5 Å². The van der Waals surface area contributed by atoms with Gasteiger partial charge in [-0.3, -0.25) is 0 Å². The van der Waals surface area contributed by atoms with Gasteiger partial charge in [0.25, 0.3) is 0 Å². The van der Waals surface area contributed by atoms with E-state index < -0.39 is 0 Å². The molecule has 1 unspecified atom stereocenters. The van der Waals surface area contributed by atoms with E-state index in [4.69, 9.17) is 4.74 Å². The molecule has 1 nitrogen and oxygen atoms in total. The molecule has 0 aliphatic carbocycles. The molecule has 0 aromatic carbocycles. The fourth-order valence-electron chi connectivity index (χ4n) is 1.61. The molecule has 0 aliphatic heterocycles. The van der Waals surface area contributed by atoms with Crippen LogP contribution in [0.5, 0.6) is 0 Å². The molecule has 0 N–H and O–H groups in total. The maximum Gasteiger partial charge on any atom is 0.0466 e. The number of alkyl halides is 1. The van der Waals surface area contributed by atoms with Gasteiger partial charge in [0.05, 0.1) is 0 Å². The Balaban J connectivity index is 3.57. The van der Waals surface area contributed by atoms with Crippen LogP contribution < -0.4 is 0 Å². The molecule has 0 bridgehead atoms. The standard InChI is InChI=1S/C11H23BrO/c1-4-7-11(3,10-12)8-6-9-13-5-2/h4-10H2,1-3H3. The first-order valence-electron chi connectivity index (χ1n) is 5.32. The van der Waals surface area contributed by atoms with E-state index in [9.17, 15) is 0 Å². The molecule has 0 spiro atoms. The minimum Gasteiger partial charge on any atom is -0.382 e. The van der Waals surface area contributed by atoms with E-state index in [1.54, 1.807) is 0 Å². The fourth-order valence-corrected chi connectivity index (χ4v) is 2.17. The quantitative estimate of drug-likeness (QED) is 0.468. The summed E-state index contributed by atoms with van der Waals surface area (Å²) >= 11 is 3.60. The lowest BCUT2D eigenvalue weighted by Crippen LogP contribution is -2.18. The lowest BCUT2D eigenvalue weighted by molar-refractivity contribution is 0.132. The molecule has 0 heterocycles. The number of hydrogen-bond donors (Lipinski definition) is 0. The highest BCUT2D eigenvalue weighted by Crippen LogP contribution is 2.31. The zero-order valence-electron chi connectivity index (χ0n) is 9.24. The molecule has 0 rings (SSSR count). The molecule has 0 fully saturated rings. The molecule has 0 aromatic heterocycles. The van der Waals surface area contributed by atoms with E-state index in [1.807, 2.05) is 0 Å². The number of halogens is 1. The van der Waals surface area contributed by atoms with Crippen molar-refractivity contribution in [2.45, 2.75) is 46.5 Å². The van der Waals surface area contributed by atoms with Crippen molar-refractivity contribution in [2.75, 3.05) is 18.5 Å². The Kier molecular flexibility index (Phi) is 8.07. The van der Waals surface area contributed by atoms with E-state index in [1.165, 1.54) is 25.7 Å². The van der Waals surface area contributed by atoms with Crippen LogP contribution in [0.1, 0.15) is 46.5 Å². The average Bonchev–Trinajstić information content (AvgIpc) is 2.13. The van der Waals surface area contributed by atoms with Crippen LogP contribution in [-0.2, 0) is 4.74 Å². The Labute approximate surface area is 91.4 Å². The number of ether oxygens (including phenoxy) is 1. The number of rotatable bonds is 8. The van der Waals surface area contributed by atoms with Crippen molar-refractivity contribution in [3.05, 3.63) is 0 Å². The Morgan fingerprint density at radius 1 is 1.23 bits per heavy atom. The van der Waals surface area contributed by atoms with Crippen molar-refractivity contribution < 1.29 is 4.74 Å². The van der Waals surface area contributed by atoms with Crippen LogP contribution in [0.4, 0.5) is 0 Å². The van der Waals surface area contributed by atoms with Crippen LogP contribution in [0.3, 0.4) is 0 Å². The van der Waals surface area contributed by atoms with Crippen molar-refractivity contribution in [1.82, 2.24) is 0 Å². The molecule has 2 heteroatoms. The molecule has 0 radical (unpaired) electrons. The topological polar surface area (TPSA) is 9.23 Å². The fraction of sp³-hybridized carbons (Fsp3) is 1.00. The van der Waals surface area contributed by atoms with Gasteiger partial charge in [-0.05, 0) is 31.6 Å². The molecular weight excluding hydrogens is 228 g/mol. The minimum absolute atomic E-state index is 0.478. The lowest BCUT2D eigenvalue weighted by Gasteiger charge is -2.26. The van der Waals surface area contributed by atoms with Crippen LogP contribution in [0.15, 0.2) is 0 Å². The second-order valence-electron chi connectivity index (χ2n) is 3.99. The summed E-state index contributed by atoms with van der Waals surface area (Å²) in [5.41, 5.74) is 0.478. The molecule has 80 valence electrons. The molecule has 13 heavy (non-hydrogen) atoms. The van der Waals surface area contributed by atoms with Crippen molar-refractivity contribution in [1.29, 1.82) is 0 Å². The van der Waals surface area contributed by atoms with Crippen molar-refractivity contribution in [2.24, 2.45) is 5.41 Å². The summed E-state index contributed by atoms with van der Waals surface area (Å²) in [6.45, 7) is 8.43. The Bertz CT molecular complexity index is 117. The summed E-state index contributed by atoms with van der Waals surface area (Å²) in [4.78, 5) is 0. The Hall–Kier alpha value is 0.440. The van der Waals surface area contributed by atoms with Gasteiger partial charge in [0.2, 0.25) is 0 Å². The third-order valence-electron chi connectivity index (χ3n) is 2.45. The monoisotopic (exact) mass is 250 g/mol. The first-order valence-corrected chi connectivity index (χ1v) is 6.44. The van der Waals surface area contributed by atoms with Crippen molar-refractivity contribution in [3.8, 4) is 0 Å². The van der Waals surface area contributed by atoms with Crippen molar-refractivity contribution >= 4 is 15.9 Å². The molecule has 0 saturated carbocycles. The molecule has 0 amide bonds. The molecule has 0 aromatic rings. The molecule has 0 saturated heterocycles. The summed E-state index contributed by atoms with van der Waals surface area (Å²) in [7, 11) is 0. The first kappa shape index (κ1) is 13.4. The van der Waals surface area contributed by atoms with Gasteiger partial charge >= 0.3 is 0 Å². The predicted molar refractivity (Wildman–Crippen MR) is 62.5 cm³/mol. The third kappa shape index (κ3) is 6.50. The zero-order chi connectivity index (χ0) is 10.2. The molecule has 1 atom stereocenters. The first-order chi connectivity index (χ1) is 6.18. The van der Waals surface area contributed by atoms with Gasteiger partial charge in [-0.25, -0.2) is 0 Å². The van der Waals surface area contributed by atoms with Crippen LogP contribution in [0.2, 0.25) is 0 Å². The van der Waals surface area contributed by atoms with E-state index >= 15 is 0 Å². The van der Waals surface area contributed by atoms with E-state index in [2.05, 4.69) is 36.7 Å². The average molecular weight is 251 g/mol. The van der Waals surface area contributed by atoms with Crippen molar-refractivity contribution in [3.63, 3.8) is 0 Å². The smallest absolute Gasteiger partial charge is 0.0466 e. The van der Waals surface area contributed by atoms with Gasteiger partial charge in [0.15, 0.2) is 0 Å². The van der Waals surface area contributed by atoms with Gasteiger partial charge in [0.1, 0.15) is 0 Å². The minimum atomic E-state index is 0.478. The van der Waals surface area contributed by atoms with Gasteiger partial charge < -0.3 is 4.74 Å². The summed E-state index contributed by atoms with van der Waals surface area (Å²) in [6, 6.07) is 0. The molecular formula is C11H23BrO. The lowest BCUT2D eigenvalue weighted by atomic mass is 9.83. The van der Waals surface area contributed by atoms with Gasteiger partial charge in [0, 0.05) is 18.5 Å². The summed E-state index contributed by atoms with van der Waals surface area (Å²) in [5.74, 6) is 0. The second-order valence-corrected chi connectivity index (χ2v) is 4.56. The second kappa shape index (κ2) is 7.81. The van der Waals surface area contributed by atoms with Gasteiger partial charge in [-0.2, -0.15) is 0 Å². The highest BCUT2D eigenvalue weighted by atomic mass is 79.9. The normalized spacial score (nSPS) is 15.7. The summed E-state index contributed by atoms with van der Waals surface area (Å²) in [6.07, 6.45) is 5.04. The Morgan fingerprint density at radius 2 is 1.92 bits per heavy atom. The van der Waals surface area contributed by atoms with Crippen LogP contribution in [0, 0.1) is 5.41 Å². The third-order valence-corrected chi connectivity index (χ3v) is 3.80. The highest BCUT2D eigenvalue weighted by molar-refractivity contribution is 9.09. The molecule has 0 aliphatic rings. The predicted octanol–water partition coefficient (Wildman–Crippen LogP) is 4.00. The number of hydrogen-bond acceptors (Lipinski definition) is 1. The SMILES string of the molecule is CCCC(C)(CBr)CCCOCC. The maximum atomic E-state index is 5.34. The van der Waals surface area contributed by atoms with E-state index in [-0.39, 0.29) is 0 Å². The van der Waals surface area contributed by atoms with Crippen LogP contribution >= 0.6 is 15.9 Å². The highest BCUT2D eigenvalue weighted by Gasteiger charge is 2.20. The van der Waals surface area contributed by atoms with Crippen LogP contribution in [-0.4, -0.2) is 18.5 Å². The van der Waals surface area contributed by atoms with Gasteiger partial charge in [-0.1, -0.05) is 36.2 Å². The summed E-state index contributed by atoms with van der Waals surface area (Å²) in [5, 5.41) is 1.11. The van der Waals surface area contributed by atoms with Crippen LogP contribution in [0.25, 0.3) is 0 Å². The largest absolute Gasteiger partial charge is 0.382 e. The van der Waals surface area contributed by atoms with Gasteiger partial charge in [-0.15, -0.1) is 0 Å². The van der Waals surface area contributed by atoms with E-state index in [0.29, 0.717) is 5.41 Å². The maximum absolute atomic E-state index is 5.34. The summed E-state index contributed by atoms with van der Waals surface area (Å²) < 4.78 is 5.34. The Morgan fingerprint density at radius 3 is 2.38 bits per heavy atom. The zero-order valence-corrected chi connectivity index (χ0v) is 10.8.